The number of ether oxygens (including phenoxy) is 1. The number of carbonyl (C=O) groups excluding carboxylic acids is 3. The number of hydrogen-bond donors (Lipinski definition) is 2. The summed E-state index contributed by atoms with van der Waals surface area (Å²) >= 11 is 1.37. The highest BCUT2D eigenvalue weighted by Gasteiger charge is 2.27. The van der Waals surface area contributed by atoms with Crippen LogP contribution in [0.25, 0.3) is 0 Å². The van der Waals surface area contributed by atoms with Gasteiger partial charge in [-0.3, -0.25) is 9.59 Å². The van der Waals surface area contributed by atoms with Crippen LogP contribution in [0.3, 0.4) is 0 Å². The molecule has 0 radical (unpaired) electrons. The smallest absolute Gasteiger partial charge is 0.342 e. The first kappa shape index (κ1) is 18.2. The molecular formula is C18H20N2O5S. The predicted octanol–water partition coefficient (Wildman–Crippen LogP) is 2.67. The molecule has 2 heterocycles. The van der Waals surface area contributed by atoms with E-state index >= 15 is 0 Å². The van der Waals surface area contributed by atoms with Crippen LogP contribution in [0, 0.1) is 12.8 Å². The van der Waals surface area contributed by atoms with Gasteiger partial charge in [-0.15, -0.1) is 11.3 Å². The highest BCUT2D eigenvalue weighted by molar-refractivity contribution is 7.17. The Balaban J connectivity index is 1.68. The van der Waals surface area contributed by atoms with Gasteiger partial charge in [0.15, 0.2) is 6.61 Å². The summed E-state index contributed by atoms with van der Waals surface area (Å²) in [5, 5.41) is 3.09. The van der Waals surface area contributed by atoms with Gasteiger partial charge in [-0.25, -0.2) is 4.79 Å². The van der Waals surface area contributed by atoms with Gasteiger partial charge in [0.2, 0.25) is 0 Å². The van der Waals surface area contributed by atoms with E-state index in [0.29, 0.717) is 22.2 Å². The number of nitrogens with two attached hydrogens (primary N) is 1. The molecule has 7 nitrogen and oxygen atoms in total. The Morgan fingerprint density at radius 2 is 2.19 bits per heavy atom. The Hall–Kier alpha value is -2.61. The van der Waals surface area contributed by atoms with Crippen molar-refractivity contribution in [2.45, 2.75) is 33.1 Å². The molecule has 2 amide bonds. The lowest BCUT2D eigenvalue weighted by Gasteiger charge is -2.18. The molecule has 0 aromatic carbocycles. The van der Waals surface area contributed by atoms with Crippen molar-refractivity contribution in [2.75, 3.05) is 11.9 Å². The number of carbonyl (C=O) groups is 3. The third-order valence-corrected chi connectivity index (χ3v) is 5.59. The summed E-state index contributed by atoms with van der Waals surface area (Å²) in [4.78, 5) is 37.0. The molecule has 2 aromatic rings. The van der Waals surface area contributed by atoms with E-state index in [0.717, 1.165) is 29.7 Å². The van der Waals surface area contributed by atoms with Crippen molar-refractivity contribution in [3.8, 4) is 0 Å². The molecule has 3 rings (SSSR count). The molecule has 2 aromatic heterocycles. The third-order valence-electron chi connectivity index (χ3n) is 4.42. The van der Waals surface area contributed by atoms with E-state index in [1.807, 2.05) is 0 Å². The second-order valence-corrected chi connectivity index (χ2v) is 7.54. The number of furan rings is 1. The molecule has 0 spiro atoms. The van der Waals surface area contributed by atoms with Crippen LogP contribution in [0.5, 0.6) is 0 Å². The van der Waals surface area contributed by atoms with Crippen molar-refractivity contribution in [1.29, 1.82) is 0 Å². The Kier molecular flexibility index (Phi) is 5.13. The van der Waals surface area contributed by atoms with Gasteiger partial charge in [-0.05, 0) is 43.7 Å². The minimum atomic E-state index is -0.638. The van der Waals surface area contributed by atoms with Crippen molar-refractivity contribution >= 4 is 34.1 Å². The maximum atomic E-state index is 12.2. The molecule has 8 heteroatoms. The number of anilines is 1. The van der Waals surface area contributed by atoms with Gasteiger partial charge in [0.1, 0.15) is 16.3 Å². The summed E-state index contributed by atoms with van der Waals surface area (Å²) in [6.07, 6.45) is 4.00. The largest absolute Gasteiger partial charge is 0.469 e. The number of thiophene rings is 1. The van der Waals surface area contributed by atoms with Crippen LogP contribution in [0.4, 0.5) is 5.00 Å². The fourth-order valence-corrected chi connectivity index (χ4v) is 4.50. The average molecular weight is 376 g/mol. The first-order valence-electron chi connectivity index (χ1n) is 8.32. The molecular weight excluding hydrogens is 356 g/mol. The second-order valence-electron chi connectivity index (χ2n) is 6.43. The highest BCUT2D eigenvalue weighted by Crippen LogP contribution is 2.39. The van der Waals surface area contributed by atoms with Crippen molar-refractivity contribution in [3.63, 3.8) is 0 Å². The first-order chi connectivity index (χ1) is 12.4. The zero-order valence-electron chi connectivity index (χ0n) is 14.6. The lowest BCUT2D eigenvalue weighted by molar-refractivity contribution is -0.119. The number of hydrogen-bond acceptors (Lipinski definition) is 6. The van der Waals surface area contributed by atoms with Crippen LogP contribution in [-0.4, -0.2) is 24.4 Å². The highest BCUT2D eigenvalue weighted by atomic mass is 32.1. The number of nitrogens with one attached hydrogen (secondary N) is 1. The molecule has 1 atom stereocenters. The van der Waals surface area contributed by atoms with E-state index in [2.05, 4.69) is 12.2 Å². The van der Waals surface area contributed by atoms with Crippen LogP contribution in [0.15, 0.2) is 16.7 Å². The Morgan fingerprint density at radius 3 is 2.85 bits per heavy atom. The van der Waals surface area contributed by atoms with Crippen LogP contribution in [0.1, 0.15) is 50.3 Å². The summed E-state index contributed by atoms with van der Waals surface area (Å²) in [7, 11) is 0. The van der Waals surface area contributed by atoms with Crippen LogP contribution in [-0.2, 0) is 22.4 Å². The van der Waals surface area contributed by atoms with Crippen molar-refractivity contribution in [1.82, 2.24) is 0 Å². The third kappa shape index (κ3) is 3.65. The van der Waals surface area contributed by atoms with Gasteiger partial charge in [0.25, 0.3) is 11.8 Å². The van der Waals surface area contributed by atoms with E-state index in [-0.39, 0.29) is 5.56 Å². The SMILES string of the molecule is Cc1occc1C(=O)OCC(=O)Nc1sc2c(c1C(N)=O)CC[C@@H](C)C2. The van der Waals surface area contributed by atoms with Crippen LogP contribution in [0.2, 0.25) is 0 Å². The second kappa shape index (κ2) is 7.33. The minimum Gasteiger partial charge on any atom is -0.469 e. The fourth-order valence-electron chi connectivity index (χ4n) is 3.07. The van der Waals surface area contributed by atoms with Gasteiger partial charge in [-0.2, -0.15) is 0 Å². The summed E-state index contributed by atoms with van der Waals surface area (Å²) in [6.45, 7) is 3.33. The molecule has 1 aliphatic rings. The molecule has 0 saturated carbocycles. The molecule has 0 bridgehead atoms. The summed E-state index contributed by atoms with van der Waals surface area (Å²) in [5.41, 5.74) is 7.10. The molecule has 26 heavy (non-hydrogen) atoms. The minimum absolute atomic E-state index is 0.274. The van der Waals surface area contributed by atoms with E-state index in [1.54, 1.807) is 6.92 Å². The first-order valence-corrected chi connectivity index (χ1v) is 9.13. The normalized spacial score (nSPS) is 16.0. The van der Waals surface area contributed by atoms with E-state index in [4.69, 9.17) is 14.9 Å². The predicted molar refractivity (Wildman–Crippen MR) is 96.4 cm³/mol. The zero-order valence-corrected chi connectivity index (χ0v) is 15.4. The molecule has 0 fully saturated rings. The maximum absolute atomic E-state index is 12.2. The Bertz CT molecular complexity index is 867. The van der Waals surface area contributed by atoms with E-state index in [9.17, 15) is 14.4 Å². The summed E-state index contributed by atoms with van der Waals surface area (Å²) in [6, 6.07) is 1.48. The maximum Gasteiger partial charge on any atom is 0.342 e. The van der Waals surface area contributed by atoms with E-state index < -0.39 is 24.4 Å². The molecule has 1 aliphatic carbocycles. The van der Waals surface area contributed by atoms with Crippen molar-refractivity contribution in [3.05, 3.63) is 39.7 Å². The summed E-state index contributed by atoms with van der Waals surface area (Å²) in [5.74, 6) is -0.760. The van der Waals surface area contributed by atoms with Gasteiger partial charge < -0.3 is 20.2 Å². The standard InChI is InChI=1S/C18H20N2O5S/c1-9-3-4-12-13(7-9)26-17(15(12)16(19)22)20-14(21)8-25-18(23)11-5-6-24-10(11)2/h5-6,9H,3-4,7-8H2,1-2H3,(H2,19,22)(H,20,21)/t9-/m1/s1. The van der Waals surface area contributed by atoms with Gasteiger partial charge >= 0.3 is 5.97 Å². The van der Waals surface area contributed by atoms with Crippen LogP contribution >= 0.6 is 11.3 Å². The summed E-state index contributed by atoms with van der Waals surface area (Å²) < 4.78 is 10.0. The lowest BCUT2D eigenvalue weighted by atomic mass is 9.88. The molecule has 0 saturated heterocycles. The number of rotatable bonds is 5. The lowest BCUT2D eigenvalue weighted by Crippen LogP contribution is -2.23. The van der Waals surface area contributed by atoms with Crippen LogP contribution < -0.4 is 11.1 Å². The zero-order chi connectivity index (χ0) is 18.8. The number of primary amides is 1. The molecule has 0 aliphatic heterocycles. The van der Waals surface area contributed by atoms with Gasteiger partial charge in [-0.1, -0.05) is 6.92 Å². The van der Waals surface area contributed by atoms with Crippen molar-refractivity contribution in [2.24, 2.45) is 11.7 Å². The Labute approximate surface area is 154 Å². The number of esters is 1. The molecule has 3 N–H and O–H groups in total. The number of aryl methyl sites for hydroxylation is 1. The van der Waals surface area contributed by atoms with Gasteiger partial charge in [0.05, 0.1) is 11.8 Å². The molecule has 0 unspecified atom stereocenters. The fraction of sp³-hybridized carbons (Fsp3) is 0.389. The van der Waals surface area contributed by atoms with Crippen molar-refractivity contribution < 1.29 is 23.5 Å². The van der Waals surface area contributed by atoms with Gasteiger partial charge in [0, 0.05) is 4.88 Å². The molecule has 138 valence electrons. The Morgan fingerprint density at radius 1 is 1.42 bits per heavy atom. The number of fused-ring (bicyclic) bond motifs is 1. The topological polar surface area (TPSA) is 112 Å². The quantitative estimate of drug-likeness (QED) is 0.779. The van der Waals surface area contributed by atoms with E-state index in [1.165, 1.54) is 23.7 Å². The monoisotopic (exact) mass is 376 g/mol. The number of amides is 2. The average Bonchev–Trinajstić information content (AvgIpc) is 3.15.